The predicted octanol–water partition coefficient (Wildman–Crippen LogP) is 6.15. The predicted molar refractivity (Wildman–Crippen MR) is 154 cm³/mol. The maximum Gasteiger partial charge on any atom is 0.322 e. The molecule has 0 saturated carbocycles. The number of amides is 3. The van der Waals surface area contributed by atoms with Gasteiger partial charge in [-0.1, -0.05) is 32.0 Å². The number of nitrogens with one attached hydrogen (secondary N) is 1. The Morgan fingerprint density at radius 2 is 1.68 bits per heavy atom. The van der Waals surface area contributed by atoms with Gasteiger partial charge in [0.15, 0.2) is 11.5 Å². The number of urea groups is 1. The molecule has 7 nitrogen and oxygen atoms in total. The van der Waals surface area contributed by atoms with Crippen molar-refractivity contribution in [2.45, 2.75) is 46.6 Å². The number of aryl methyl sites for hydroxylation is 2. The van der Waals surface area contributed by atoms with Gasteiger partial charge >= 0.3 is 6.03 Å². The lowest BCUT2D eigenvalue weighted by molar-refractivity contribution is -0.132. The minimum atomic E-state index is -0.264. The Morgan fingerprint density at radius 3 is 2.34 bits per heavy atom. The van der Waals surface area contributed by atoms with Crippen molar-refractivity contribution in [1.29, 1.82) is 0 Å². The fraction of sp³-hybridized carbons (Fsp3) is 0.400. The molecule has 1 heterocycles. The van der Waals surface area contributed by atoms with Crippen LogP contribution in [0.3, 0.4) is 0 Å². The SMILES string of the molecule is CCCN(CC(=O)N(CCc1ccc(OC)c(OC)c1)Cc1ccc(C)s1)C(=O)Nc1cccc(CC)c1. The van der Waals surface area contributed by atoms with Gasteiger partial charge in [-0.2, -0.15) is 0 Å². The molecule has 0 aliphatic carbocycles. The maximum atomic E-state index is 13.6. The number of hydrogen-bond acceptors (Lipinski definition) is 5. The van der Waals surface area contributed by atoms with E-state index in [0.717, 1.165) is 34.5 Å². The Morgan fingerprint density at radius 1 is 0.895 bits per heavy atom. The first kappa shape index (κ1) is 29.0. The fourth-order valence-electron chi connectivity index (χ4n) is 4.21. The molecule has 0 spiro atoms. The van der Waals surface area contributed by atoms with Gasteiger partial charge in [-0.25, -0.2) is 4.79 Å². The molecule has 0 aliphatic heterocycles. The third-order valence-corrected chi connectivity index (χ3v) is 7.29. The standard InChI is InChI=1S/C30H39N3O4S/c1-6-16-33(30(35)31-25-10-8-9-23(7-2)18-25)21-29(34)32(20-26-13-11-22(3)38-26)17-15-24-12-14-27(36-4)28(19-24)37-5/h8-14,18-19H,6-7,15-17,20-21H2,1-5H3,(H,31,35). The number of anilines is 1. The van der Waals surface area contributed by atoms with Gasteiger partial charge in [0.25, 0.3) is 0 Å². The number of carbonyl (C=O) groups excluding carboxylic acids is 2. The highest BCUT2D eigenvalue weighted by Gasteiger charge is 2.22. The second-order valence-corrected chi connectivity index (χ2v) is 10.5. The number of carbonyl (C=O) groups is 2. The van der Waals surface area contributed by atoms with Crippen molar-refractivity contribution in [2.75, 3.05) is 39.2 Å². The first-order valence-corrected chi connectivity index (χ1v) is 13.9. The summed E-state index contributed by atoms with van der Waals surface area (Å²) in [6, 6.07) is 17.5. The van der Waals surface area contributed by atoms with Crippen LogP contribution in [0.1, 0.15) is 41.1 Å². The molecule has 38 heavy (non-hydrogen) atoms. The van der Waals surface area contributed by atoms with Crippen LogP contribution < -0.4 is 14.8 Å². The molecule has 3 aromatic rings. The third kappa shape index (κ3) is 8.25. The van der Waals surface area contributed by atoms with Crippen molar-refractivity contribution in [3.8, 4) is 11.5 Å². The third-order valence-electron chi connectivity index (χ3n) is 6.31. The molecule has 3 rings (SSSR count). The lowest BCUT2D eigenvalue weighted by atomic mass is 10.1. The van der Waals surface area contributed by atoms with E-state index < -0.39 is 0 Å². The van der Waals surface area contributed by atoms with Crippen LogP contribution in [0.5, 0.6) is 11.5 Å². The molecule has 204 valence electrons. The van der Waals surface area contributed by atoms with E-state index in [0.29, 0.717) is 37.6 Å². The number of methoxy groups -OCH3 is 2. The van der Waals surface area contributed by atoms with Crippen LogP contribution in [0.25, 0.3) is 0 Å². The van der Waals surface area contributed by atoms with Crippen molar-refractivity contribution in [3.05, 3.63) is 75.5 Å². The number of hydrogen-bond donors (Lipinski definition) is 1. The van der Waals surface area contributed by atoms with E-state index in [1.807, 2.05) is 54.3 Å². The second-order valence-electron chi connectivity index (χ2n) is 9.17. The van der Waals surface area contributed by atoms with E-state index in [2.05, 4.69) is 31.3 Å². The molecule has 3 amide bonds. The van der Waals surface area contributed by atoms with E-state index in [4.69, 9.17) is 9.47 Å². The molecule has 8 heteroatoms. The number of nitrogens with zero attached hydrogens (tertiary/aromatic N) is 2. The number of ether oxygens (including phenoxy) is 2. The van der Waals surface area contributed by atoms with Gasteiger partial charge in [0.2, 0.25) is 5.91 Å². The lowest BCUT2D eigenvalue weighted by Crippen LogP contribution is -2.45. The first-order valence-electron chi connectivity index (χ1n) is 13.1. The quantitative estimate of drug-likeness (QED) is 0.284. The summed E-state index contributed by atoms with van der Waals surface area (Å²) in [5.41, 5.74) is 2.93. The average molecular weight is 538 g/mol. The normalized spacial score (nSPS) is 10.7. The molecule has 0 radical (unpaired) electrons. The summed E-state index contributed by atoms with van der Waals surface area (Å²) >= 11 is 1.68. The van der Waals surface area contributed by atoms with Crippen LogP contribution in [-0.4, -0.2) is 55.6 Å². The second kappa shape index (κ2) is 14.4. The molecule has 0 bridgehead atoms. The molecule has 0 fully saturated rings. The van der Waals surface area contributed by atoms with Crippen LogP contribution >= 0.6 is 11.3 Å². The Hall–Kier alpha value is -3.52. The van der Waals surface area contributed by atoms with Gasteiger partial charge in [-0.15, -0.1) is 11.3 Å². The zero-order valence-electron chi connectivity index (χ0n) is 23.1. The van der Waals surface area contributed by atoms with Gasteiger partial charge in [0.05, 0.1) is 20.8 Å². The highest BCUT2D eigenvalue weighted by atomic mass is 32.1. The molecule has 0 aliphatic rings. The summed E-state index contributed by atoms with van der Waals surface area (Å²) in [5, 5.41) is 2.97. The molecule has 1 N–H and O–H groups in total. The monoisotopic (exact) mass is 537 g/mol. The highest BCUT2D eigenvalue weighted by Crippen LogP contribution is 2.28. The Labute approximate surface area is 230 Å². The molecule has 0 unspecified atom stereocenters. The van der Waals surface area contributed by atoms with E-state index in [9.17, 15) is 9.59 Å². The first-order chi connectivity index (χ1) is 18.4. The van der Waals surface area contributed by atoms with Crippen molar-refractivity contribution in [2.24, 2.45) is 0 Å². The summed E-state index contributed by atoms with van der Waals surface area (Å²) < 4.78 is 10.8. The van der Waals surface area contributed by atoms with E-state index in [1.54, 1.807) is 30.5 Å². The van der Waals surface area contributed by atoms with Crippen molar-refractivity contribution >= 4 is 29.0 Å². The molecule has 0 atom stereocenters. The van der Waals surface area contributed by atoms with Crippen molar-refractivity contribution < 1.29 is 19.1 Å². The summed E-state index contributed by atoms with van der Waals surface area (Å²) in [4.78, 5) is 32.5. The average Bonchev–Trinajstić information content (AvgIpc) is 3.34. The zero-order valence-corrected chi connectivity index (χ0v) is 23.9. The Kier molecular flexibility index (Phi) is 11.0. The smallest absolute Gasteiger partial charge is 0.322 e. The van der Waals surface area contributed by atoms with E-state index >= 15 is 0 Å². The number of rotatable bonds is 13. The molecule has 1 aromatic heterocycles. The van der Waals surface area contributed by atoms with E-state index in [1.165, 1.54) is 4.88 Å². The summed E-state index contributed by atoms with van der Waals surface area (Å²) in [6.07, 6.45) is 2.30. The Balaban J connectivity index is 1.74. The topological polar surface area (TPSA) is 71.1 Å². The highest BCUT2D eigenvalue weighted by molar-refractivity contribution is 7.11. The summed E-state index contributed by atoms with van der Waals surface area (Å²) in [5.74, 6) is 1.25. The van der Waals surface area contributed by atoms with Gasteiger partial charge in [0.1, 0.15) is 6.54 Å². The summed E-state index contributed by atoms with van der Waals surface area (Å²) in [6.45, 7) is 7.68. The maximum absolute atomic E-state index is 13.6. The molecular formula is C30H39N3O4S. The van der Waals surface area contributed by atoms with Crippen LogP contribution in [0.4, 0.5) is 10.5 Å². The Bertz CT molecular complexity index is 1210. The van der Waals surface area contributed by atoms with E-state index in [-0.39, 0.29) is 18.5 Å². The van der Waals surface area contributed by atoms with Gasteiger partial charge in [-0.05, 0) is 73.7 Å². The molecule has 2 aromatic carbocycles. The van der Waals surface area contributed by atoms with Gasteiger partial charge in [0, 0.05) is 28.5 Å². The minimum Gasteiger partial charge on any atom is -0.493 e. The fourth-order valence-corrected chi connectivity index (χ4v) is 5.11. The van der Waals surface area contributed by atoms with Crippen molar-refractivity contribution in [1.82, 2.24) is 9.80 Å². The minimum absolute atomic E-state index is 0.0173. The van der Waals surface area contributed by atoms with Gasteiger partial charge in [-0.3, -0.25) is 4.79 Å². The zero-order chi connectivity index (χ0) is 27.5. The molecule has 0 saturated heterocycles. The summed E-state index contributed by atoms with van der Waals surface area (Å²) in [7, 11) is 3.22. The van der Waals surface area contributed by atoms with Crippen LogP contribution in [-0.2, 0) is 24.2 Å². The van der Waals surface area contributed by atoms with Crippen LogP contribution in [0, 0.1) is 6.92 Å². The van der Waals surface area contributed by atoms with Crippen LogP contribution in [0.2, 0.25) is 0 Å². The number of thiophene rings is 1. The lowest BCUT2D eigenvalue weighted by Gasteiger charge is -2.27. The van der Waals surface area contributed by atoms with Gasteiger partial charge < -0.3 is 24.6 Å². The molecular weight excluding hydrogens is 498 g/mol. The van der Waals surface area contributed by atoms with Crippen LogP contribution in [0.15, 0.2) is 54.6 Å². The number of benzene rings is 2. The largest absolute Gasteiger partial charge is 0.493 e. The van der Waals surface area contributed by atoms with Crippen molar-refractivity contribution in [3.63, 3.8) is 0 Å².